The van der Waals surface area contributed by atoms with Crippen molar-refractivity contribution in [2.75, 3.05) is 6.54 Å². The summed E-state index contributed by atoms with van der Waals surface area (Å²) >= 11 is 0. The van der Waals surface area contributed by atoms with E-state index in [1.165, 1.54) is 12.1 Å². The topological polar surface area (TPSA) is 55.1 Å². The van der Waals surface area contributed by atoms with E-state index < -0.39 is 6.04 Å². The molecule has 1 amide bonds. The van der Waals surface area contributed by atoms with E-state index in [1.54, 1.807) is 12.1 Å². The quantitative estimate of drug-likeness (QED) is 0.816. The molecule has 17 heavy (non-hydrogen) atoms. The minimum absolute atomic E-state index is 0.164. The molecule has 94 valence electrons. The summed E-state index contributed by atoms with van der Waals surface area (Å²) < 4.78 is 12.7. The monoisotopic (exact) mass is 238 g/mol. The molecule has 0 aliphatic rings. The highest BCUT2D eigenvalue weighted by Crippen LogP contribution is 2.05. The van der Waals surface area contributed by atoms with Crippen LogP contribution in [-0.2, 0) is 11.2 Å². The molecule has 0 fully saturated rings. The summed E-state index contributed by atoms with van der Waals surface area (Å²) in [7, 11) is 0. The molecule has 1 aromatic carbocycles. The second kappa shape index (κ2) is 6.35. The molecule has 0 radical (unpaired) electrons. The SMILES string of the molecule is CC(C)CNC(=O)[C@@H](N)Cc1ccc(F)cc1. The zero-order valence-electron chi connectivity index (χ0n) is 10.2. The average Bonchev–Trinajstić information content (AvgIpc) is 2.28. The van der Waals surface area contributed by atoms with Gasteiger partial charge in [0.15, 0.2) is 0 Å². The van der Waals surface area contributed by atoms with E-state index >= 15 is 0 Å². The highest BCUT2D eigenvalue weighted by Gasteiger charge is 2.13. The van der Waals surface area contributed by atoms with Crippen LogP contribution in [0.25, 0.3) is 0 Å². The maximum atomic E-state index is 12.7. The number of benzene rings is 1. The predicted molar refractivity (Wildman–Crippen MR) is 65.9 cm³/mol. The van der Waals surface area contributed by atoms with Gasteiger partial charge in [0.1, 0.15) is 5.82 Å². The molecule has 1 atom stereocenters. The summed E-state index contributed by atoms with van der Waals surface area (Å²) in [6, 6.07) is 5.44. The first-order chi connectivity index (χ1) is 7.99. The van der Waals surface area contributed by atoms with E-state index in [1.807, 2.05) is 13.8 Å². The largest absolute Gasteiger partial charge is 0.354 e. The molecule has 0 saturated carbocycles. The van der Waals surface area contributed by atoms with Crippen molar-refractivity contribution in [3.05, 3.63) is 35.6 Å². The molecule has 0 bridgehead atoms. The Hall–Kier alpha value is -1.42. The van der Waals surface area contributed by atoms with Gasteiger partial charge in [0, 0.05) is 6.54 Å². The minimum atomic E-state index is -0.584. The van der Waals surface area contributed by atoms with Gasteiger partial charge in [-0.3, -0.25) is 4.79 Å². The number of amides is 1. The van der Waals surface area contributed by atoms with E-state index in [0.29, 0.717) is 18.9 Å². The number of carbonyl (C=O) groups is 1. The number of nitrogens with one attached hydrogen (secondary N) is 1. The Balaban J connectivity index is 2.45. The van der Waals surface area contributed by atoms with Crippen LogP contribution in [-0.4, -0.2) is 18.5 Å². The molecule has 3 N–H and O–H groups in total. The van der Waals surface area contributed by atoms with Gasteiger partial charge in [-0.2, -0.15) is 0 Å². The van der Waals surface area contributed by atoms with Crippen LogP contribution in [0.5, 0.6) is 0 Å². The van der Waals surface area contributed by atoms with Crippen molar-refractivity contribution in [1.29, 1.82) is 0 Å². The summed E-state index contributed by atoms with van der Waals surface area (Å²) in [6.07, 6.45) is 0.421. The zero-order valence-corrected chi connectivity index (χ0v) is 10.2. The van der Waals surface area contributed by atoms with Crippen LogP contribution in [0.2, 0.25) is 0 Å². The predicted octanol–water partition coefficient (Wildman–Crippen LogP) is 1.47. The van der Waals surface area contributed by atoms with E-state index in [0.717, 1.165) is 5.56 Å². The lowest BCUT2D eigenvalue weighted by Crippen LogP contribution is -2.43. The fourth-order valence-electron chi connectivity index (χ4n) is 1.40. The third-order valence-electron chi connectivity index (χ3n) is 2.39. The molecule has 0 spiro atoms. The van der Waals surface area contributed by atoms with E-state index in [9.17, 15) is 9.18 Å². The first-order valence-electron chi connectivity index (χ1n) is 5.76. The minimum Gasteiger partial charge on any atom is -0.354 e. The third kappa shape index (κ3) is 4.95. The summed E-state index contributed by atoms with van der Waals surface area (Å²) in [6.45, 7) is 4.66. The standard InChI is InChI=1S/C13H19FN2O/c1-9(2)8-16-13(17)12(15)7-10-3-5-11(14)6-4-10/h3-6,9,12H,7-8,15H2,1-2H3,(H,16,17)/t12-/m0/s1. The Morgan fingerprint density at radius 1 is 1.35 bits per heavy atom. The van der Waals surface area contributed by atoms with Crippen LogP contribution in [0.4, 0.5) is 4.39 Å². The number of hydrogen-bond donors (Lipinski definition) is 2. The zero-order chi connectivity index (χ0) is 12.8. The maximum Gasteiger partial charge on any atom is 0.237 e. The van der Waals surface area contributed by atoms with Crippen LogP contribution < -0.4 is 11.1 Å². The maximum absolute atomic E-state index is 12.7. The first kappa shape index (κ1) is 13.6. The second-order valence-electron chi connectivity index (χ2n) is 4.58. The van der Waals surface area contributed by atoms with Gasteiger partial charge in [-0.1, -0.05) is 26.0 Å². The third-order valence-corrected chi connectivity index (χ3v) is 2.39. The summed E-state index contributed by atoms with van der Waals surface area (Å²) in [5.41, 5.74) is 6.63. The molecule has 0 saturated heterocycles. The van der Waals surface area contributed by atoms with Gasteiger partial charge in [-0.15, -0.1) is 0 Å². The van der Waals surface area contributed by atoms with E-state index in [-0.39, 0.29) is 11.7 Å². The Bertz CT molecular complexity index is 362. The molecule has 1 rings (SSSR count). The average molecular weight is 238 g/mol. The fraction of sp³-hybridized carbons (Fsp3) is 0.462. The van der Waals surface area contributed by atoms with Crippen molar-refractivity contribution < 1.29 is 9.18 Å². The van der Waals surface area contributed by atoms with Crippen LogP contribution in [0.3, 0.4) is 0 Å². The van der Waals surface area contributed by atoms with Gasteiger partial charge in [-0.05, 0) is 30.0 Å². The van der Waals surface area contributed by atoms with Gasteiger partial charge in [-0.25, -0.2) is 4.39 Å². The molecule has 0 heterocycles. The molecule has 0 aliphatic heterocycles. The molecule has 0 unspecified atom stereocenters. The summed E-state index contributed by atoms with van der Waals surface area (Å²) in [5, 5.41) is 2.78. The second-order valence-corrected chi connectivity index (χ2v) is 4.58. The molecule has 4 heteroatoms. The van der Waals surface area contributed by atoms with Crippen LogP contribution in [0.1, 0.15) is 19.4 Å². The van der Waals surface area contributed by atoms with Gasteiger partial charge in [0.05, 0.1) is 6.04 Å². The molecule has 3 nitrogen and oxygen atoms in total. The van der Waals surface area contributed by atoms with Gasteiger partial charge in [0.25, 0.3) is 0 Å². The first-order valence-corrected chi connectivity index (χ1v) is 5.76. The summed E-state index contributed by atoms with van der Waals surface area (Å²) in [5.74, 6) is -0.0495. The summed E-state index contributed by atoms with van der Waals surface area (Å²) in [4.78, 5) is 11.6. The Kier molecular flexibility index (Phi) is 5.10. The number of halogens is 1. The van der Waals surface area contributed by atoms with Gasteiger partial charge < -0.3 is 11.1 Å². The lowest BCUT2D eigenvalue weighted by Gasteiger charge is -2.13. The lowest BCUT2D eigenvalue weighted by atomic mass is 10.1. The van der Waals surface area contributed by atoms with Crippen molar-refractivity contribution in [3.8, 4) is 0 Å². The lowest BCUT2D eigenvalue weighted by molar-refractivity contribution is -0.122. The van der Waals surface area contributed by atoms with Crippen molar-refractivity contribution in [2.45, 2.75) is 26.3 Å². The Labute approximate surface area is 101 Å². The highest BCUT2D eigenvalue weighted by atomic mass is 19.1. The van der Waals surface area contributed by atoms with Crippen LogP contribution in [0.15, 0.2) is 24.3 Å². The van der Waals surface area contributed by atoms with Crippen molar-refractivity contribution >= 4 is 5.91 Å². The van der Waals surface area contributed by atoms with E-state index in [4.69, 9.17) is 5.73 Å². The number of hydrogen-bond acceptors (Lipinski definition) is 2. The number of rotatable bonds is 5. The molecular formula is C13H19FN2O. The van der Waals surface area contributed by atoms with Gasteiger partial charge >= 0.3 is 0 Å². The smallest absolute Gasteiger partial charge is 0.237 e. The number of nitrogens with two attached hydrogens (primary N) is 1. The van der Waals surface area contributed by atoms with Crippen LogP contribution >= 0.6 is 0 Å². The van der Waals surface area contributed by atoms with E-state index in [2.05, 4.69) is 5.32 Å². The fourth-order valence-corrected chi connectivity index (χ4v) is 1.40. The molecular weight excluding hydrogens is 219 g/mol. The van der Waals surface area contributed by atoms with Crippen molar-refractivity contribution in [1.82, 2.24) is 5.32 Å². The molecule has 0 aliphatic carbocycles. The van der Waals surface area contributed by atoms with Crippen LogP contribution in [0, 0.1) is 11.7 Å². The Morgan fingerprint density at radius 2 is 1.94 bits per heavy atom. The Morgan fingerprint density at radius 3 is 2.47 bits per heavy atom. The van der Waals surface area contributed by atoms with Crippen molar-refractivity contribution in [3.63, 3.8) is 0 Å². The number of carbonyl (C=O) groups excluding carboxylic acids is 1. The molecule has 0 aromatic heterocycles. The van der Waals surface area contributed by atoms with Crippen molar-refractivity contribution in [2.24, 2.45) is 11.7 Å². The highest BCUT2D eigenvalue weighted by molar-refractivity contribution is 5.81. The normalized spacial score (nSPS) is 12.5. The van der Waals surface area contributed by atoms with Gasteiger partial charge in [0.2, 0.25) is 5.91 Å². The molecule has 1 aromatic rings.